The Kier molecular flexibility index (Phi) is 14.4. The number of furan rings is 1. The zero-order valence-corrected chi connectivity index (χ0v) is 61.4. The molecule has 0 bridgehead atoms. The van der Waals surface area contributed by atoms with Gasteiger partial charge in [-0.2, -0.15) is 0 Å². The van der Waals surface area contributed by atoms with Crippen LogP contribution >= 0.6 is 22.7 Å². The van der Waals surface area contributed by atoms with Gasteiger partial charge in [0.1, 0.15) is 5.58 Å². The number of aromatic nitrogens is 3. The Labute approximate surface area is 644 Å². The first kappa shape index (κ1) is 63.1. The summed E-state index contributed by atoms with van der Waals surface area (Å²) in [6, 6.07) is 130. The van der Waals surface area contributed by atoms with E-state index in [0.717, 1.165) is 50.1 Å². The van der Waals surface area contributed by atoms with E-state index in [9.17, 15) is 0 Å². The van der Waals surface area contributed by atoms with E-state index in [4.69, 9.17) is 14.4 Å². The SMILES string of the molecule is c1ccc2c(c1)sc1c(-c3ccc4c5ccccc5c5ccccc5c4c3)nc(-c3ccc4c5ccccc5c5ccccc5c4c3)cc12.c1ccc2c(c1)sc1cnc(-c3ccc4c5ccccc5c5ccccc5c4c3)cc12.c1cnc2oc3ccc(-c4ccc5c6ccccc6c6ccccc6c5c4)cc3c2c1. The van der Waals surface area contributed by atoms with E-state index in [1.54, 1.807) is 6.20 Å². The summed E-state index contributed by atoms with van der Waals surface area (Å²) in [5, 5.41) is 38.2. The van der Waals surface area contributed by atoms with E-state index < -0.39 is 0 Å². The van der Waals surface area contributed by atoms with Crippen LogP contribution in [0.2, 0.25) is 0 Å². The number of fused-ring (bicyclic) bond motifs is 33. The summed E-state index contributed by atoms with van der Waals surface area (Å²) >= 11 is 3.65. The largest absolute Gasteiger partial charge is 0.438 e. The third-order valence-electron chi connectivity index (χ3n) is 23.0. The molecular weight excluding hydrogens is 1380 g/mol. The molecule has 6 heteroatoms. The Morgan fingerprint density at radius 1 is 0.198 bits per heavy atom. The molecule has 514 valence electrons. The maximum atomic E-state index is 5.91. The predicted molar refractivity (Wildman–Crippen MR) is 478 cm³/mol. The molecule has 0 unspecified atom stereocenters. The number of nitrogens with zero attached hydrogens (tertiary/aromatic N) is 3. The smallest absolute Gasteiger partial charge is 0.227 e. The molecule has 0 fully saturated rings. The van der Waals surface area contributed by atoms with Gasteiger partial charge in [-0.05, 0) is 213 Å². The topological polar surface area (TPSA) is 51.8 Å². The van der Waals surface area contributed by atoms with Crippen molar-refractivity contribution in [3.05, 3.63) is 370 Å². The van der Waals surface area contributed by atoms with Gasteiger partial charge >= 0.3 is 0 Å². The highest BCUT2D eigenvalue weighted by Crippen LogP contribution is 2.47. The minimum absolute atomic E-state index is 0.686. The van der Waals surface area contributed by atoms with E-state index in [0.29, 0.717) is 5.71 Å². The summed E-state index contributed by atoms with van der Waals surface area (Å²) in [5.74, 6) is 0. The standard InChI is InChI=1S/C47H27NS.C29H17NO.C29H17NS/c1-3-15-34-30(11-1)32-13-5-7-17-36(32)41-25-28(21-23-38(34)41)44-27-43-40-19-9-10-20-45(40)49-47(43)46(48-44)29-22-24-39-35-16-4-2-12-31(35)33-14-6-8-18-37(33)42(39)26-29;1-2-8-22-20(6-1)21-7-3-4-9-23(21)26-16-18(11-13-24(22)26)19-12-14-28-27(17-19)25-10-5-15-30-29(25)31-28;1-2-9-21-19(7-1)20-8-3-4-10-22(20)25-15-18(13-14-23(21)25)27-16-26-24-11-5-6-12-28(24)31-29(26)17-30-27/h1-27H;2*1-17H. The molecular formula is C105H61N3OS2. The molecule has 0 aliphatic rings. The van der Waals surface area contributed by atoms with Crippen molar-refractivity contribution in [2.24, 2.45) is 0 Å². The van der Waals surface area contributed by atoms with Crippen LogP contribution in [-0.4, -0.2) is 15.0 Å². The molecule has 111 heavy (non-hydrogen) atoms. The normalized spacial score (nSPS) is 12.0. The van der Waals surface area contributed by atoms with Crippen LogP contribution in [0.1, 0.15) is 0 Å². The van der Waals surface area contributed by atoms with Crippen molar-refractivity contribution < 1.29 is 4.42 Å². The van der Waals surface area contributed by atoms with E-state index in [2.05, 4.69) is 357 Å². The molecule has 0 amide bonds. The van der Waals surface area contributed by atoms with Crippen LogP contribution in [0.15, 0.2) is 375 Å². The highest BCUT2D eigenvalue weighted by molar-refractivity contribution is 7.26. The van der Waals surface area contributed by atoms with Crippen molar-refractivity contribution in [3.8, 4) is 44.9 Å². The molecule has 0 aliphatic carbocycles. The molecule has 0 atom stereocenters. The number of hydrogen-bond acceptors (Lipinski definition) is 6. The van der Waals surface area contributed by atoms with Crippen LogP contribution in [0.25, 0.3) is 237 Å². The summed E-state index contributed by atoms with van der Waals surface area (Å²) in [6.45, 7) is 0. The fraction of sp³-hybridized carbons (Fsp3) is 0. The molecule has 0 saturated heterocycles. The maximum absolute atomic E-state index is 5.91. The van der Waals surface area contributed by atoms with E-state index in [1.165, 1.54) is 181 Å². The van der Waals surface area contributed by atoms with Gasteiger partial charge in [-0.15, -0.1) is 22.7 Å². The van der Waals surface area contributed by atoms with Gasteiger partial charge in [-0.25, -0.2) is 9.97 Å². The van der Waals surface area contributed by atoms with E-state index >= 15 is 0 Å². The van der Waals surface area contributed by atoms with Crippen LogP contribution in [0.5, 0.6) is 0 Å². The molecule has 25 rings (SSSR count). The van der Waals surface area contributed by atoms with Gasteiger partial charge in [0.05, 0.1) is 26.5 Å². The summed E-state index contributed by atoms with van der Waals surface area (Å²) in [4.78, 5) is 14.7. The van der Waals surface area contributed by atoms with Crippen molar-refractivity contribution in [1.29, 1.82) is 0 Å². The number of thiophene rings is 2. The van der Waals surface area contributed by atoms with Crippen LogP contribution in [0, 0.1) is 0 Å². The van der Waals surface area contributed by atoms with Gasteiger partial charge in [0.2, 0.25) is 5.71 Å². The number of benzene rings is 19. The van der Waals surface area contributed by atoms with Crippen molar-refractivity contribution in [2.75, 3.05) is 0 Å². The highest BCUT2D eigenvalue weighted by atomic mass is 32.1. The van der Waals surface area contributed by atoms with Crippen LogP contribution in [-0.2, 0) is 0 Å². The van der Waals surface area contributed by atoms with Gasteiger partial charge in [0.15, 0.2) is 0 Å². The molecule has 6 aromatic heterocycles. The third kappa shape index (κ3) is 10.2. The monoisotopic (exact) mass is 1440 g/mol. The average molecular weight is 1440 g/mol. The van der Waals surface area contributed by atoms with Crippen LogP contribution in [0.4, 0.5) is 0 Å². The first-order valence-electron chi connectivity index (χ1n) is 37.7. The zero-order valence-electron chi connectivity index (χ0n) is 59.8. The Morgan fingerprint density at radius 2 is 0.514 bits per heavy atom. The van der Waals surface area contributed by atoms with E-state index in [1.807, 2.05) is 34.9 Å². The zero-order chi connectivity index (χ0) is 72.8. The summed E-state index contributed by atoms with van der Waals surface area (Å²) < 4.78 is 11.0. The first-order chi connectivity index (χ1) is 55.0. The predicted octanol–water partition coefficient (Wildman–Crippen LogP) is 30.4. The van der Waals surface area contributed by atoms with E-state index in [-0.39, 0.29) is 0 Å². The minimum atomic E-state index is 0.686. The quantitative estimate of drug-likeness (QED) is 0.165. The Morgan fingerprint density at radius 3 is 0.964 bits per heavy atom. The second-order valence-corrected chi connectivity index (χ2v) is 31.2. The van der Waals surface area contributed by atoms with Crippen LogP contribution < -0.4 is 0 Å². The van der Waals surface area contributed by atoms with Gasteiger partial charge < -0.3 is 4.42 Å². The Bertz CT molecular complexity index is 7840. The van der Waals surface area contributed by atoms with Crippen molar-refractivity contribution in [2.45, 2.75) is 0 Å². The van der Waals surface area contributed by atoms with Gasteiger partial charge in [-0.1, -0.05) is 285 Å². The lowest BCUT2D eigenvalue weighted by Gasteiger charge is -2.14. The second kappa shape index (κ2) is 25.3. The van der Waals surface area contributed by atoms with Crippen molar-refractivity contribution >= 4 is 214 Å². The summed E-state index contributed by atoms with van der Waals surface area (Å²) in [6.07, 6.45) is 3.79. The summed E-state index contributed by atoms with van der Waals surface area (Å²) in [5.41, 5.74) is 10.4. The highest BCUT2D eigenvalue weighted by Gasteiger charge is 2.21. The lowest BCUT2D eigenvalue weighted by molar-refractivity contribution is 0.654. The van der Waals surface area contributed by atoms with Crippen molar-refractivity contribution in [1.82, 2.24) is 15.0 Å². The number of pyridine rings is 3. The second-order valence-electron chi connectivity index (χ2n) is 29.1. The molecule has 0 radical (unpaired) electrons. The number of hydrogen-bond donors (Lipinski definition) is 0. The molecule has 0 saturated carbocycles. The van der Waals surface area contributed by atoms with Gasteiger partial charge in [0, 0.05) is 70.8 Å². The Hall–Kier alpha value is -14.0. The van der Waals surface area contributed by atoms with Crippen molar-refractivity contribution in [3.63, 3.8) is 0 Å². The fourth-order valence-electron chi connectivity index (χ4n) is 17.9. The Balaban J connectivity index is 0.000000104. The summed E-state index contributed by atoms with van der Waals surface area (Å²) in [7, 11) is 0. The molecule has 25 aromatic rings. The maximum Gasteiger partial charge on any atom is 0.227 e. The number of rotatable bonds is 4. The lowest BCUT2D eigenvalue weighted by Crippen LogP contribution is -1.91. The van der Waals surface area contributed by atoms with Gasteiger partial charge in [0.25, 0.3) is 0 Å². The molecule has 4 nitrogen and oxygen atoms in total. The lowest BCUT2D eigenvalue weighted by atomic mass is 9.92. The molecule has 0 N–H and O–H groups in total. The average Bonchev–Trinajstić information content (AvgIpc) is 1.57. The minimum Gasteiger partial charge on any atom is -0.438 e. The molecule has 6 heterocycles. The van der Waals surface area contributed by atoms with Crippen LogP contribution in [0.3, 0.4) is 0 Å². The molecule has 0 aliphatic heterocycles. The van der Waals surface area contributed by atoms with Gasteiger partial charge in [-0.3, -0.25) is 4.98 Å². The molecule has 19 aromatic carbocycles. The molecule has 0 spiro atoms. The fourth-order valence-corrected chi connectivity index (χ4v) is 20.2. The first-order valence-corrected chi connectivity index (χ1v) is 39.4. The third-order valence-corrected chi connectivity index (χ3v) is 25.4.